The number of carbonyl (C=O) groups excluding carboxylic acids is 1. The standard InChI is InChI=1S/C15H9Cl2N3O/c16-12-6-3-7-14(19-12)20-15(21)10-8-13(17)18-11-5-2-1-4-9(10)11/h1-8H,(H,19,20,21). The predicted molar refractivity (Wildman–Crippen MR) is 84.0 cm³/mol. The zero-order chi connectivity index (χ0) is 14.8. The smallest absolute Gasteiger partial charge is 0.257 e. The van der Waals surface area contributed by atoms with Crippen molar-refractivity contribution >= 4 is 45.8 Å². The lowest BCUT2D eigenvalue weighted by Crippen LogP contribution is -2.13. The number of para-hydroxylation sites is 1. The molecule has 0 aliphatic carbocycles. The summed E-state index contributed by atoms with van der Waals surface area (Å²) in [5, 5.41) is 3.99. The second-order valence-electron chi connectivity index (χ2n) is 4.31. The summed E-state index contributed by atoms with van der Waals surface area (Å²) in [7, 11) is 0. The number of halogens is 2. The van der Waals surface area contributed by atoms with Crippen LogP contribution in [0.4, 0.5) is 5.82 Å². The molecule has 0 aliphatic rings. The summed E-state index contributed by atoms with van der Waals surface area (Å²) in [5.41, 5.74) is 1.10. The van der Waals surface area contributed by atoms with E-state index in [0.717, 1.165) is 5.39 Å². The Morgan fingerprint density at radius 3 is 2.57 bits per heavy atom. The molecule has 0 radical (unpaired) electrons. The number of hydrogen-bond acceptors (Lipinski definition) is 3. The van der Waals surface area contributed by atoms with Gasteiger partial charge < -0.3 is 5.32 Å². The van der Waals surface area contributed by atoms with Gasteiger partial charge in [0, 0.05) is 5.39 Å². The van der Waals surface area contributed by atoms with Gasteiger partial charge in [-0.1, -0.05) is 47.5 Å². The average molecular weight is 318 g/mol. The summed E-state index contributed by atoms with van der Waals surface area (Å²) in [5.74, 6) is 0.0646. The topological polar surface area (TPSA) is 54.9 Å². The van der Waals surface area contributed by atoms with Gasteiger partial charge in [0.2, 0.25) is 0 Å². The third kappa shape index (κ3) is 2.96. The molecule has 2 heterocycles. The van der Waals surface area contributed by atoms with Gasteiger partial charge in [0.05, 0.1) is 11.1 Å². The van der Waals surface area contributed by atoms with E-state index in [-0.39, 0.29) is 11.1 Å². The highest BCUT2D eigenvalue weighted by Crippen LogP contribution is 2.22. The zero-order valence-electron chi connectivity index (χ0n) is 10.7. The van der Waals surface area contributed by atoms with Gasteiger partial charge in [-0.05, 0) is 24.3 Å². The highest BCUT2D eigenvalue weighted by molar-refractivity contribution is 6.31. The summed E-state index contributed by atoms with van der Waals surface area (Å²) >= 11 is 11.8. The number of pyridine rings is 2. The van der Waals surface area contributed by atoms with Crippen molar-refractivity contribution in [2.75, 3.05) is 5.32 Å². The van der Waals surface area contributed by atoms with E-state index in [1.807, 2.05) is 18.2 Å². The molecule has 21 heavy (non-hydrogen) atoms. The largest absolute Gasteiger partial charge is 0.306 e. The van der Waals surface area contributed by atoms with Crippen molar-refractivity contribution < 1.29 is 4.79 Å². The molecule has 0 fully saturated rings. The molecule has 0 saturated heterocycles. The minimum absolute atomic E-state index is 0.262. The van der Waals surface area contributed by atoms with Crippen LogP contribution in [0.1, 0.15) is 10.4 Å². The van der Waals surface area contributed by atoms with E-state index < -0.39 is 0 Å². The van der Waals surface area contributed by atoms with E-state index in [4.69, 9.17) is 23.2 Å². The predicted octanol–water partition coefficient (Wildman–Crippen LogP) is 4.19. The lowest BCUT2D eigenvalue weighted by atomic mass is 10.1. The van der Waals surface area contributed by atoms with Crippen molar-refractivity contribution in [1.29, 1.82) is 0 Å². The fourth-order valence-electron chi connectivity index (χ4n) is 1.99. The molecule has 0 aliphatic heterocycles. The molecule has 0 bridgehead atoms. The lowest BCUT2D eigenvalue weighted by molar-refractivity contribution is 0.102. The van der Waals surface area contributed by atoms with Crippen LogP contribution in [-0.4, -0.2) is 15.9 Å². The molecule has 4 nitrogen and oxygen atoms in total. The fourth-order valence-corrected chi connectivity index (χ4v) is 2.36. The third-order valence-electron chi connectivity index (χ3n) is 2.89. The number of hydrogen-bond donors (Lipinski definition) is 1. The molecule has 0 spiro atoms. The number of amides is 1. The number of nitrogens with one attached hydrogen (secondary N) is 1. The van der Waals surface area contributed by atoms with Crippen LogP contribution in [0.25, 0.3) is 10.9 Å². The van der Waals surface area contributed by atoms with Gasteiger partial charge in [-0.3, -0.25) is 4.79 Å². The highest BCUT2D eigenvalue weighted by Gasteiger charge is 2.13. The molecule has 0 unspecified atom stereocenters. The van der Waals surface area contributed by atoms with Gasteiger partial charge in [0.25, 0.3) is 5.91 Å². The summed E-state index contributed by atoms with van der Waals surface area (Å²) in [4.78, 5) is 20.6. The normalized spacial score (nSPS) is 10.6. The fraction of sp³-hybridized carbons (Fsp3) is 0. The second-order valence-corrected chi connectivity index (χ2v) is 5.08. The van der Waals surface area contributed by atoms with E-state index >= 15 is 0 Å². The molecular weight excluding hydrogens is 309 g/mol. The van der Waals surface area contributed by atoms with Crippen LogP contribution in [0, 0.1) is 0 Å². The van der Waals surface area contributed by atoms with Crippen molar-refractivity contribution in [2.45, 2.75) is 0 Å². The number of aromatic nitrogens is 2. The zero-order valence-corrected chi connectivity index (χ0v) is 12.2. The molecule has 1 N–H and O–H groups in total. The number of benzene rings is 1. The van der Waals surface area contributed by atoms with Crippen molar-refractivity contribution in [2.24, 2.45) is 0 Å². The Morgan fingerprint density at radius 1 is 0.952 bits per heavy atom. The van der Waals surface area contributed by atoms with Gasteiger partial charge in [0.15, 0.2) is 0 Å². The van der Waals surface area contributed by atoms with Crippen LogP contribution in [-0.2, 0) is 0 Å². The van der Waals surface area contributed by atoms with E-state index in [2.05, 4.69) is 15.3 Å². The van der Waals surface area contributed by atoms with Crippen LogP contribution in [0.3, 0.4) is 0 Å². The van der Waals surface area contributed by atoms with Crippen molar-refractivity contribution in [3.63, 3.8) is 0 Å². The summed E-state index contributed by atoms with van der Waals surface area (Å²) in [6.45, 7) is 0. The first-order valence-electron chi connectivity index (χ1n) is 6.13. The molecule has 6 heteroatoms. The van der Waals surface area contributed by atoms with Gasteiger partial charge >= 0.3 is 0 Å². The number of anilines is 1. The van der Waals surface area contributed by atoms with Gasteiger partial charge in [-0.25, -0.2) is 9.97 Å². The molecule has 3 aromatic rings. The second kappa shape index (κ2) is 5.68. The van der Waals surface area contributed by atoms with Gasteiger partial charge in [-0.2, -0.15) is 0 Å². The average Bonchev–Trinajstić information content (AvgIpc) is 2.46. The third-order valence-corrected chi connectivity index (χ3v) is 3.29. The van der Waals surface area contributed by atoms with Crippen LogP contribution in [0.15, 0.2) is 48.5 Å². The highest BCUT2D eigenvalue weighted by atomic mass is 35.5. The number of rotatable bonds is 2. The molecule has 0 saturated carbocycles. The number of nitrogens with zero attached hydrogens (tertiary/aromatic N) is 2. The van der Waals surface area contributed by atoms with Crippen LogP contribution < -0.4 is 5.32 Å². The lowest BCUT2D eigenvalue weighted by Gasteiger charge is -2.08. The molecule has 3 rings (SSSR count). The summed E-state index contributed by atoms with van der Waals surface area (Å²) in [6.07, 6.45) is 0. The number of fused-ring (bicyclic) bond motifs is 1. The first kappa shape index (κ1) is 13.8. The number of carbonyl (C=O) groups is 1. The molecule has 104 valence electrons. The summed E-state index contributed by atoms with van der Waals surface area (Å²) in [6, 6.07) is 13.8. The molecule has 0 atom stereocenters. The van der Waals surface area contributed by atoms with Gasteiger partial charge in [-0.15, -0.1) is 0 Å². The molecule has 1 aromatic carbocycles. The first-order chi connectivity index (χ1) is 10.1. The van der Waals surface area contributed by atoms with Crippen LogP contribution >= 0.6 is 23.2 Å². The Hall–Kier alpha value is -2.17. The minimum Gasteiger partial charge on any atom is -0.306 e. The molecule has 2 aromatic heterocycles. The SMILES string of the molecule is O=C(Nc1cccc(Cl)n1)c1cc(Cl)nc2ccccc12. The quantitative estimate of drug-likeness (QED) is 0.721. The Morgan fingerprint density at radius 2 is 1.76 bits per heavy atom. The molecule has 1 amide bonds. The minimum atomic E-state index is -0.315. The summed E-state index contributed by atoms with van der Waals surface area (Å²) < 4.78 is 0. The van der Waals surface area contributed by atoms with E-state index in [1.165, 1.54) is 6.07 Å². The van der Waals surface area contributed by atoms with Crippen LogP contribution in [0.2, 0.25) is 10.3 Å². The van der Waals surface area contributed by atoms with Crippen molar-refractivity contribution in [3.8, 4) is 0 Å². The molecular formula is C15H9Cl2N3O. The van der Waals surface area contributed by atoms with Gasteiger partial charge in [0.1, 0.15) is 16.1 Å². The Kier molecular flexibility index (Phi) is 3.73. The first-order valence-corrected chi connectivity index (χ1v) is 6.88. The maximum atomic E-state index is 12.4. The van der Waals surface area contributed by atoms with Crippen molar-refractivity contribution in [1.82, 2.24) is 9.97 Å². The maximum Gasteiger partial charge on any atom is 0.257 e. The van der Waals surface area contributed by atoms with E-state index in [1.54, 1.807) is 24.3 Å². The van der Waals surface area contributed by atoms with E-state index in [9.17, 15) is 4.79 Å². The maximum absolute atomic E-state index is 12.4. The Labute approximate surface area is 130 Å². The Bertz CT molecular complexity index is 836. The monoisotopic (exact) mass is 317 g/mol. The van der Waals surface area contributed by atoms with Crippen molar-refractivity contribution in [3.05, 3.63) is 64.4 Å². The van der Waals surface area contributed by atoms with E-state index in [0.29, 0.717) is 22.1 Å². The van der Waals surface area contributed by atoms with Crippen LogP contribution in [0.5, 0.6) is 0 Å². The Balaban J connectivity index is 2.02.